The van der Waals surface area contributed by atoms with Crippen molar-refractivity contribution in [1.29, 1.82) is 0 Å². The Bertz CT molecular complexity index is 1330. The number of fused-ring (bicyclic) bond motifs is 2. The molecule has 0 radical (unpaired) electrons. The summed E-state index contributed by atoms with van der Waals surface area (Å²) in [6.45, 7) is 0.544. The minimum absolute atomic E-state index is 0.0162. The van der Waals surface area contributed by atoms with Crippen LogP contribution < -0.4 is 15.0 Å². The molecule has 9 nitrogen and oxygen atoms in total. The summed E-state index contributed by atoms with van der Waals surface area (Å²) in [6, 6.07) is 12.9. The van der Waals surface area contributed by atoms with Crippen LogP contribution in [0.5, 0.6) is 5.75 Å². The highest BCUT2D eigenvalue weighted by atomic mass is 19.1. The number of carbonyl (C=O) groups is 2. The Labute approximate surface area is 199 Å². The zero-order valence-electron chi connectivity index (χ0n) is 18.5. The minimum Gasteiger partial charge on any atom is -0.467 e. The molecule has 35 heavy (non-hydrogen) atoms. The Morgan fingerprint density at radius 2 is 2.11 bits per heavy atom. The molecule has 0 aliphatic carbocycles. The van der Waals surface area contributed by atoms with E-state index in [1.807, 2.05) is 18.2 Å². The van der Waals surface area contributed by atoms with E-state index in [0.717, 1.165) is 5.69 Å². The highest BCUT2D eigenvalue weighted by molar-refractivity contribution is 6.54. The van der Waals surface area contributed by atoms with Gasteiger partial charge in [0, 0.05) is 47.1 Å². The lowest BCUT2D eigenvalue weighted by molar-refractivity contribution is -0.112. The number of carbonyl (C=O) groups excluding carboxylic acids is 2. The number of hydrogen-bond acceptors (Lipinski definition) is 7. The monoisotopic (exact) mass is 476 g/mol. The molecule has 178 valence electrons. The molecule has 10 heteroatoms. The molecular formula is C25H21FN4O5. The summed E-state index contributed by atoms with van der Waals surface area (Å²) in [7, 11) is 0. The standard InChI is InChI=1S/C25H21FN4O5/c26-18-9-16(23-17(10-18)13-34-14-35-23)12-30-21-11-15(4-5-20(21)22(29-33)25(30)32)24(31)28-8-6-19-3-1-2-7-27-19/h1-5,7,9-11,33H,6,8,12-14H2,(H,28,31)/b29-22-. The molecule has 0 unspecified atom stereocenters. The van der Waals surface area contributed by atoms with Gasteiger partial charge in [0.25, 0.3) is 11.8 Å². The number of pyridine rings is 1. The number of halogens is 1. The van der Waals surface area contributed by atoms with E-state index in [9.17, 15) is 19.2 Å². The van der Waals surface area contributed by atoms with Crippen LogP contribution in [0.15, 0.2) is 59.9 Å². The number of ether oxygens (including phenoxy) is 2. The molecule has 0 spiro atoms. The number of nitrogens with zero attached hydrogens (tertiary/aromatic N) is 3. The summed E-state index contributed by atoms with van der Waals surface area (Å²) in [6.07, 6.45) is 2.26. The summed E-state index contributed by atoms with van der Waals surface area (Å²) >= 11 is 0. The third kappa shape index (κ3) is 4.43. The highest BCUT2D eigenvalue weighted by Gasteiger charge is 2.36. The summed E-state index contributed by atoms with van der Waals surface area (Å²) in [5.74, 6) is -0.934. The van der Waals surface area contributed by atoms with Gasteiger partial charge in [-0.1, -0.05) is 11.2 Å². The first-order chi connectivity index (χ1) is 17.0. The van der Waals surface area contributed by atoms with Gasteiger partial charge in [-0.2, -0.15) is 0 Å². The van der Waals surface area contributed by atoms with Crippen LogP contribution in [0.2, 0.25) is 0 Å². The zero-order chi connectivity index (χ0) is 24.4. The van der Waals surface area contributed by atoms with E-state index < -0.39 is 11.7 Å². The molecule has 1 aromatic heterocycles. The molecule has 5 rings (SSSR count). The smallest absolute Gasteiger partial charge is 0.281 e. The molecule has 0 fully saturated rings. The summed E-state index contributed by atoms with van der Waals surface area (Å²) in [4.78, 5) is 31.4. The fourth-order valence-electron chi connectivity index (χ4n) is 4.20. The van der Waals surface area contributed by atoms with Crippen LogP contribution in [0, 0.1) is 5.82 Å². The van der Waals surface area contributed by atoms with Crippen LogP contribution in [0.3, 0.4) is 0 Å². The lowest BCUT2D eigenvalue weighted by Crippen LogP contribution is -2.30. The van der Waals surface area contributed by atoms with Gasteiger partial charge >= 0.3 is 0 Å². The molecular weight excluding hydrogens is 455 g/mol. The van der Waals surface area contributed by atoms with E-state index in [1.165, 1.54) is 17.0 Å². The molecule has 2 N–H and O–H groups in total. The van der Waals surface area contributed by atoms with Crippen LogP contribution in [0.25, 0.3) is 0 Å². The van der Waals surface area contributed by atoms with E-state index in [-0.39, 0.29) is 31.6 Å². The number of nitrogens with one attached hydrogen (secondary N) is 1. The van der Waals surface area contributed by atoms with Gasteiger partial charge in [0.15, 0.2) is 12.5 Å². The van der Waals surface area contributed by atoms with Crippen molar-refractivity contribution in [3.8, 4) is 5.75 Å². The number of benzene rings is 2. The molecule has 2 aromatic carbocycles. The molecule has 2 aliphatic heterocycles. The van der Waals surface area contributed by atoms with Gasteiger partial charge in [0.2, 0.25) is 0 Å². The molecule has 0 atom stereocenters. The number of aromatic nitrogens is 1. The van der Waals surface area contributed by atoms with Crippen molar-refractivity contribution >= 4 is 23.2 Å². The minimum atomic E-state index is -0.569. The second-order valence-corrected chi connectivity index (χ2v) is 8.06. The van der Waals surface area contributed by atoms with Gasteiger partial charge < -0.3 is 24.9 Å². The first-order valence-corrected chi connectivity index (χ1v) is 10.9. The summed E-state index contributed by atoms with van der Waals surface area (Å²) < 4.78 is 25.0. The van der Waals surface area contributed by atoms with Crippen molar-refractivity contribution < 1.29 is 28.7 Å². The Balaban J connectivity index is 1.40. The van der Waals surface area contributed by atoms with Crippen molar-refractivity contribution in [3.05, 3.63) is 88.5 Å². The summed E-state index contributed by atoms with van der Waals surface area (Å²) in [5.41, 5.74) is 2.75. The fourth-order valence-corrected chi connectivity index (χ4v) is 4.20. The van der Waals surface area contributed by atoms with Crippen LogP contribution >= 0.6 is 0 Å². The predicted molar refractivity (Wildman–Crippen MR) is 123 cm³/mol. The number of anilines is 1. The number of amides is 2. The van der Waals surface area contributed by atoms with Crippen LogP contribution in [0.1, 0.15) is 32.7 Å². The second kappa shape index (κ2) is 9.51. The van der Waals surface area contributed by atoms with Crippen molar-refractivity contribution in [2.75, 3.05) is 18.2 Å². The lowest BCUT2D eigenvalue weighted by atomic mass is 10.1. The lowest BCUT2D eigenvalue weighted by Gasteiger charge is -2.24. The summed E-state index contributed by atoms with van der Waals surface area (Å²) in [5, 5.41) is 15.5. The number of oxime groups is 1. The average Bonchev–Trinajstić information content (AvgIpc) is 3.14. The Kier molecular flexibility index (Phi) is 6.11. The van der Waals surface area contributed by atoms with Crippen molar-refractivity contribution in [2.24, 2.45) is 5.16 Å². The van der Waals surface area contributed by atoms with Gasteiger partial charge in [-0.05, 0) is 42.5 Å². The van der Waals surface area contributed by atoms with Gasteiger partial charge in [0.05, 0.1) is 18.8 Å². The van der Waals surface area contributed by atoms with Crippen molar-refractivity contribution in [1.82, 2.24) is 10.3 Å². The fraction of sp³-hybridized carbons (Fsp3) is 0.200. The molecule has 3 aromatic rings. The van der Waals surface area contributed by atoms with Gasteiger partial charge in [-0.3, -0.25) is 14.6 Å². The third-order valence-corrected chi connectivity index (χ3v) is 5.83. The predicted octanol–water partition coefficient (Wildman–Crippen LogP) is 2.78. The topological polar surface area (TPSA) is 113 Å². The van der Waals surface area contributed by atoms with E-state index >= 15 is 0 Å². The largest absolute Gasteiger partial charge is 0.467 e. The maximum absolute atomic E-state index is 14.2. The molecule has 0 saturated heterocycles. The first-order valence-electron chi connectivity index (χ1n) is 10.9. The Morgan fingerprint density at radius 1 is 1.23 bits per heavy atom. The molecule has 2 amide bonds. The van der Waals surface area contributed by atoms with Crippen LogP contribution in [-0.2, 0) is 29.1 Å². The molecule has 3 heterocycles. The highest BCUT2D eigenvalue weighted by Crippen LogP contribution is 2.36. The molecule has 0 bridgehead atoms. The molecule has 0 saturated carbocycles. The quantitative estimate of drug-likeness (QED) is 0.418. The van der Waals surface area contributed by atoms with Crippen molar-refractivity contribution in [3.63, 3.8) is 0 Å². The van der Waals surface area contributed by atoms with E-state index in [4.69, 9.17) is 9.47 Å². The van der Waals surface area contributed by atoms with Gasteiger partial charge in [-0.15, -0.1) is 0 Å². The van der Waals surface area contributed by atoms with Crippen molar-refractivity contribution in [2.45, 2.75) is 19.6 Å². The first kappa shape index (κ1) is 22.5. The van der Waals surface area contributed by atoms with Gasteiger partial charge in [-0.25, -0.2) is 4.39 Å². The van der Waals surface area contributed by atoms with Crippen LogP contribution in [-0.4, -0.2) is 41.1 Å². The van der Waals surface area contributed by atoms with E-state index in [0.29, 0.717) is 46.7 Å². The second-order valence-electron chi connectivity index (χ2n) is 8.06. The Hall–Kier alpha value is -4.31. The average molecular weight is 476 g/mol. The van der Waals surface area contributed by atoms with E-state index in [2.05, 4.69) is 15.5 Å². The zero-order valence-corrected chi connectivity index (χ0v) is 18.5. The number of hydrogen-bond donors (Lipinski definition) is 2. The Morgan fingerprint density at radius 3 is 2.91 bits per heavy atom. The molecule has 2 aliphatic rings. The SMILES string of the molecule is O=C(NCCc1ccccn1)c1ccc2c(c1)N(Cc1cc(F)cc3c1OCOC3)C(=O)/C2=N\O. The van der Waals surface area contributed by atoms with E-state index in [1.54, 1.807) is 24.4 Å². The third-order valence-electron chi connectivity index (χ3n) is 5.83. The van der Waals surface area contributed by atoms with Gasteiger partial charge in [0.1, 0.15) is 11.6 Å². The maximum atomic E-state index is 14.2. The van der Waals surface area contributed by atoms with Crippen LogP contribution in [0.4, 0.5) is 10.1 Å². The normalized spacial score (nSPS) is 15.5. The number of rotatable bonds is 6. The maximum Gasteiger partial charge on any atom is 0.281 e.